The van der Waals surface area contributed by atoms with Crippen molar-refractivity contribution in [2.75, 3.05) is 13.2 Å². The average molecular weight is 302 g/mol. The van der Waals surface area contributed by atoms with Gasteiger partial charge in [0, 0.05) is 18.6 Å². The topological polar surface area (TPSA) is 106 Å². The molecule has 2 N–H and O–H groups in total. The molecule has 1 amide bonds. The summed E-state index contributed by atoms with van der Waals surface area (Å²) in [4.78, 5) is 23.8. The monoisotopic (exact) mass is 302 g/mol. The summed E-state index contributed by atoms with van der Waals surface area (Å²) >= 11 is 0. The van der Waals surface area contributed by atoms with Crippen molar-refractivity contribution < 1.29 is 19.4 Å². The van der Waals surface area contributed by atoms with Crippen LogP contribution in [0.2, 0.25) is 0 Å². The molecule has 1 atom stereocenters. The fraction of sp³-hybridized carbons (Fsp3) is 0.286. The Morgan fingerprint density at radius 1 is 1.41 bits per heavy atom. The van der Waals surface area contributed by atoms with Crippen LogP contribution in [0.1, 0.15) is 16.8 Å². The quantitative estimate of drug-likeness (QED) is 0.838. The van der Waals surface area contributed by atoms with Crippen LogP contribution in [0.15, 0.2) is 36.7 Å². The molecule has 0 bridgehead atoms. The van der Waals surface area contributed by atoms with Crippen LogP contribution in [0.25, 0.3) is 5.69 Å². The number of hydrogen-bond donors (Lipinski definition) is 2. The average Bonchev–Trinajstić information content (AvgIpc) is 3.19. The summed E-state index contributed by atoms with van der Waals surface area (Å²) in [6.45, 7) is 0.280. The Balaban J connectivity index is 1.83. The smallest absolute Gasteiger partial charge is 0.331 e. The molecule has 1 aromatic heterocycles. The van der Waals surface area contributed by atoms with Crippen LogP contribution in [0.5, 0.6) is 0 Å². The second-order valence-electron chi connectivity index (χ2n) is 5.04. The largest absolute Gasteiger partial charge is 0.479 e. The summed E-state index contributed by atoms with van der Waals surface area (Å²) in [5.74, 6) is -1.55. The van der Waals surface area contributed by atoms with Crippen LogP contribution < -0.4 is 5.32 Å². The number of amides is 1. The molecule has 0 spiro atoms. The first kappa shape index (κ1) is 14.2. The molecular formula is C14H14N4O4. The number of hydrogen-bond acceptors (Lipinski definition) is 5. The summed E-state index contributed by atoms with van der Waals surface area (Å²) < 4.78 is 6.64. The molecule has 3 rings (SSSR count). The van der Waals surface area contributed by atoms with Gasteiger partial charge in [-0.1, -0.05) is 11.3 Å². The number of carbonyl (C=O) groups is 2. The summed E-state index contributed by atoms with van der Waals surface area (Å²) in [7, 11) is 0. The molecule has 8 heteroatoms. The molecule has 1 aliphatic rings. The maximum atomic E-state index is 12.4. The lowest BCUT2D eigenvalue weighted by molar-refractivity contribution is -0.144. The van der Waals surface area contributed by atoms with Crippen LogP contribution in [0, 0.1) is 0 Å². The number of ether oxygens (including phenoxy) is 1. The van der Waals surface area contributed by atoms with Crippen molar-refractivity contribution >= 4 is 11.9 Å². The zero-order valence-electron chi connectivity index (χ0n) is 11.6. The Morgan fingerprint density at radius 2 is 2.27 bits per heavy atom. The summed E-state index contributed by atoms with van der Waals surface area (Å²) in [6.07, 6.45) is 3.43. The normalized spacial score (nSPS) is 20.7. The highest BCUT2D eigenvalue weighted by atomic mass is 16.5. The van der Waals surface area contributed by atoms with Crippen molar-refractivity contribution in [3.8, 4) is 5.69 Å². The number of nitrogens with one attached hydrogen (secondary N) is 1. The standard InChI is InChI=1S/C14H14N4O4/c19-12(16-14(13(20)21)4-7-22-9-14)10-2-1-3-11(8-10)18-6-5-15-17-18/h1-3,5-6,8H,4,7,9H2,(H,16,19)(H,20,21). The number of aromatic nitrogens is 3. The van der Waals surface area contributed by atoms with E-state index in [0.717, 1.165) is 0 Å². The minimum absolute atomic E-state index is 0.0309. The van der Waals surface area contributed by atoms with Gasteiger partial charge in [-0.3, -0.25) is 4.79 Å². The molecule has 1 aliphatic heterocycles. The molecule has 2 heterocycles. The summed E-state index contributed by atoms with van der Waals surface area (Å²) in [5, 5.41) is 19.5. The number of aliphatic carboxylic acids is 1. The SMILES string of the molecule is O=C(NC1(C(=O)O)CCOC1)c1cccc(-n2ccnn2)c1. The van der Waals surface area contributed by atoms with Gasteiger partial charge in [0.25, 0.3) is 5.91 Å². The van der Waals surface area contributed by atoms with E-state index >= 15 is 0 Å². The second kappa shape index (κ2) is 5.57. The number of carbonyl (C=O) groups excluding carboxylic acids is 1. The van der Waals surface area contributed by atoms with Crippen molar-refractivity contribution in [1.82, 2.24) is 20.3 Å². The van der Waals surface area contributed by atoms with Gasteiger partial charge in [0.2, 0.25) is 0 Å². The molecule has 22 heavy (non-hydrogen) atoms. The highest BCUT2D eigenvalue weighted by Crippen LogP contribution is 2.20. The molecule has 0 radical (unpaired) electrons. The molecular weight excluding hydrogens is 288 g/mol. The fourth-order valence-corrected chi connectivity index (χ4v) is 2.31. The van der Waals surface area contributed by atoms with Crippen LogP contribution in [-0.2, 0) is 9.53 Å². The van der Waals surface area contributed by atoms with E-state index in [4.69, 9.17) is 4.74 Å². The molecule has 8 nitrogen and oxygen atoms in total. The third-order valence-electron chi connectivity index (χ3n) is 3.58. The Morgan fingerprint density at radius 3 is 2.91 bits per heavy atom. The van der Waals surface area contributed by atoms with Gasteiger partial charge in [-0.05, 0) is 18.2 Å². The van der Waals surface area contributed by atoms with Crippen molar-refractivity contribution in [1.29, 1.82) is 0 Å². The first-order chi connectivity index (χ1) is 10.6. The van der Waals surface area contributed by atoms with E-state index in [1.165, 1.54) is 10.9 Å². The molecule has 0 saturated carbocycles. The van der Waals surface area contributed by atoms with Crippen molar-refractivity contribution in [3.05, 3.63) is 42.2 Å². The lowest BCUT2D eigenvalue weighted by Gasteiger charge is -2.23. The first-order valence-corrected chi connectivity index (χ1v) is 6.71. The molecule has 1 fully saturated rings. The van der Waals surface area contributed by atoms with Crippen LogP contribution in [0.3, 0.4) is 0 Å². The first-order valence-electron chi connectivity index (χ1n) is 6.71. The lowest BCUT2D eigenvalue weighted by Crippen LogP contribution is -2.55. The molecule has 1 saturated heterocycles. The van der Waals surface area contributed by atoms with E-state index in [2.05, 4.69) is 15.6 Å². The summed E-state index contributed by atoms with van der Waals surface area (Å²) in [5.41, 5.74) is -0.349. The van der Waals surface area contributed by atoms with E-state index in [-0.39, 0.29) is 13.0 Å². The zero-order valence-corrected chi connectivity index (χ0v) is 11.6. The van der Waals surface area contributed by atoms with Gasteiger partial charge in [0.1, 0.15) is 0 Å². The van der Waals surface area contributed by atoms with Crippen molar-refractivity contribution in [3.63, 3.8) is 0 Å². The van der Waals surface area contributed by atoms with E-state index in [1.807, 2.05) is 0 Å². The van der Waals surface area contributed by atoms with Gasteiger partial charge in [0.05, 0.1) is 24.7 Å². The minimum Gasteiger partial charge on any atom is -0.479 e. The number of benzene rings is 1. The van der Waals surface area contributed by atoms with Crippen molar-refractivity contribution in [2.45, 2.75) is 12.0 Å². The van der Waals surface area contributed by atoms with Crippen molar-refractivity contribution in [2.24, 2.45) is 0 Å². The number of nitrogens with zero attached hydrogens (tertiary/aromatic N) is 3. The minimum atomic E-state index is -1.36. The number of rotatable bonds is 4. The molecule has 1 aromatic carbocycles. The summed E-state index contributed by atoms with van der Waals surface area (Å²) in [6, 6.07) is 6.71. The predicted molar refractivity (Wildman–Crippen MR) is 74.6 cm³/mol. The number of carboxylic acids is 1. The van der Waals surface area contributed by atoms with Gasteiger partial charge < -0.3 is 15.2 Å². The van der Waals surface area contributed by atoms with Crippen LogP contribution >= 0.6 is 0 Å². The van der Waals surface area contributed by atoms with Gasteiger partial charge in [-0.2, -0.15) is 0 Å². The van der Waals surface area contributed by atoms with Gasteiger partial charge in [0.15, 0.2) is 5.54 Å². The lowest BCUT2D eigenvalue weighted by atomic mass is 9.98. The highest BCUT2D eigenvalue weighted by molar-refractivity contribution is 5.98. The van der Waals surface area contributed by atoms with E-state index < -0.39 is 17.4 Å². The van der Waals surface area contributed by atoms with E-state index in [9.17, 15) is 14.7 Å². The van der Waals surface area contributed by atoms with Crippen LogP contribution in [-0.4, -0.2) is 50.7 Å². The maximum absolute atomic E-state index is 12.4. The molecule has 2 aromatic rings. The van der Waals surface area contributed by atoms with E-state index in [0.29, 0.717) is 17.9 Å². The Labute approximate surface area is 125 Å². The van der Waals surface area contributed by atoms with Gasteiger partial charge >= 0.3 is 5.97 Å². The van der Waals surface area contributed by atoms with Crippen LogP contribution in [0.4, 0.5) is 0 Å². The predicted octanol–water partition coefficient (Wildman–Crippen LogP) is 0.241. The van der Waals surface area contributed by atoms with Gasteiger partial charge in [-0.15, -0.1) is 5.10 Å². The maximum Gasteiger partial charge on any atom is 0.331 e. The highest BCUT2D eigenvalue weighted by Gasteiger charge is 2.44. The van der Waals surface area contributed by atoms with E-state index in [1.54, 1.807) is 30.5 Å². The Hall–Kier alpha value is -2.74. The Kier molecular flexibility index (Phi) is 3.60. The zero-order chi connectivity index (χ0) is 15.6. The molecule has 0 aliphatic carbocycles. The molecule has 1 unspecified atom stereocenters. The third kappa shape index (κ3) is 2.56. The fourth-order valence-electron chi connectivity index (χ4n) is 2.31. The van der Waals surface area contributed by atoms with Gasteiger partial charge in [-0.25, -0.2) is 9.48 Å². The second-order valence-corrected chi connectivity index (χ2v) is 5.04. The molecule has 114 valence electrons. The third-order valence-corrected chi connectivity index (χ3v) is 3.58. The number of carboxylic acid groups (broad SMARTS) is 1. The Bertz CT molecular complexity index is 693.